The van der Waals surface area contributed by atoms with Crippen molar-refractivity contribution >= 4 is 28.5 Å². The van der Waals surface area contributed by atoms with Gasteiger partial charge in [0, 0.05) is 22.4 Å². The molecule has 3 rings (SSSR count). The molecule has 3 aromatic rings. The summed E-state index contributed by atoms with van der Waals surface area (Å²) in [5.41, 5.74) is 10.3. The van der Waals surface area contributed by atoms with Crippen molar-refractivity contribution in [1.29, 1.82) is 0 Å². The number of rotatable bonds is 3. The van der Waals surface area contributed by atoms with Crippen molar-refractivity contribution < 1.29 is 0 Å². The first-order valence-electron chi connectivity index (χ1n) is 6.84. The van der Waals surface area contributed by atoms with Crippen LogP contribution in [0.3, 0.4) is 0 Å². The molecular weight excluding hydrogens is 278 g/mol. The molecule has 0 fully saturated rings. The molecule has 106 valence electrons. The van der Waals surface area contributed by atoms with Crippen LogP contribution in [0.5, 0.6) is 0 Å². The molecule has 3 nitrogen and oxygen atoms in total. The van der Waals surface area contributed by atoms with Crippen LogP contribution in [0.2, 0.25) is 0 Å². The Kier molecular flexibility index (Phi) is 3.80. The van der Waals surface area contributed by atoms with Crippen molar-refractivity contribution in [2.24, 2.45) is 0 Å². The van der Waals surface area contributed by atoms with Crippen molar-refractivity contribution in [2.75, 3.05) is 5.73 Å². The Morgan fingerprint density at radius 3 is 2.67 bits per heavy atom. The van der Waals surface area contributed by atoms with Crippen LogP contribution in [-0.4, -0.2) is 9.97 Å². The maximum absolute atomic E-state index is 6.07. The van der Waals surface area contributed by atoms with E-state index in [0.29, 0.717) is 5.82 Å². The van der Waals surface area contributed by atoms with Crippen LogP contribution in [0.25, 0.3) is 10.9 Å². The number of fused-ring (bicyclic) bond motifs is 1. The summed E-state index contributed by atoms with van der Waals surface area (Å²) < 4.78 is 0. The van der Waals surface area contributed by atoms with E-state index in [9.17, 15) is 0 Å². The van der Waals surface area contributed by atoms with Gasteiger partial charge < -0.3 is 5.73 Å². The second-order valence-electron chi connectivity index (χ2n) is 5.14. The monoisotopic (exact) mass is 295 g/mol. The number of thioether (sulfide) groups is 1. The average molecular weight is 295 g/mol. The number of nitrogens with two attached hydrogens (primary N) is 1. The summed E-state index contributed by atoms with van der Waals surface area (Å²) in [5, 5.41) is 2.15. The molecule has 0 aliphatic heterocycles. The van der Waals surface area contributed by atoms with E-state index in [0.717, 1.165) is 32.9 Å². The molecule has 2 aromatic heterocycles. The van der Waals surface area contributed by atoms with Crippen LogP contribution in [0.4, 0.5) is 5.82 Å². The van der Waals surface area contributed by atoms with E-state index >= 15 is 0 Å². The van der Waals surface area contributed by atoms with Gasteiger partial charge in [0.1, 0.15) is 5.82 Å². The summed E-state index contributed by atoms with van der Waals surface area (Å²) in [4.78, 5) is 9.01. The average Bonchev–Trinajstić information content (AvgIpc) is 2.44. The Hall–Kier alpha value is -2.07. The molecule has 0 saturated carbocycles. The fourth-order valence-corrected chi connectivity index (χ4v) is 3.33. The lowest BCUT2D eigenvalue weighted by atomic mass is 10.1. The van der Waals surface area contributed by atoms with Crippen molar-refractivity contribution in [3.8, 4) is 0 Å². The number of hydrogen-bond donors (Lipinski definition) is 1. The fourth-order valence-electron chi connectivity index (χ4n) is 2.32. The van der Waals surface area contributed by atoms with E-state index < -0.39 is 0 Å². The molecule has 0 unspecified atom stereocenters. The number of benzene rings is 1. The zero-order valence-electron chi connectivity index (χ0n) is 12.1. The predicted molar refractivity (Wildman–Crippen MR) is 89.4 cm³/mol. The maximum atomic E-state index is 6.07. The number of aromatic nitrogens is 2. The normalized spacial score (nSPS) is 11.0. The summed E-state index contributed by atoms with van der Waals surface area (Å²) >= 11 is 1.69. The minimum absolute atomic E-state index is 0.602. The third-order valence-electron chi connectivity index (χ3n) is 3.29. The number of aryl methyl sites for hydroxylation is 2. The summed E-state index contributed by atoms with van der Waals surface area (Å²) in [6.07, 6.45) is 0. The van der Waals surface area contributed by atoms with E-state index in [2.05, 4.69) is 41.2 Å². The fraction of sp³-hybridized carbons (Fsp3) is 0.176. The SMILES string of the molecule is Cc1cc(C)nc(SCc2cc3ccccc3nc2N)c1. The molecular formula is C17H17N3S. The van der Waals surface area contributed by atoms with E-state index in [-0.39, 0.29) is 0 Å². The summed E-state index contributed by atoms with van der Waals surface area (Å²) in [7, 11) is 0. The van der Waals surface area contributed by atoms with Gasteiger partial charge in [-0.15, -0.1) is 11.8 Å². The number of anilines is 1. The van der Waals surface area contributed by atoms with E-state index in [1.807, 2.05) is 25.1 Å². The number of nitrogen functional groups attached to an aromatic ring is 1. The van der Waals surface area contributed by atoms with Gasteiger partial charge in [-0.25, -0.2) is 9.97 Å². The maximum Gasteiger partial charge on any atom is 0.128 e. The number of para-hydroxylation sites is 1. The van der Waals surface area contributed by atoms with Crippen molar-refractivity contribution in [2.45, 2.75) is 24.6 Å². The second kappa shape index (κ2) is 5.74. The molecule has 0 saturated heterocycles. The first kappa shape index (κ1) is 13.9. The Labute approximate surface area is 128 Å². The van der Waals surface area contributed by atoms with Gasteiger partial charge in [0.05, 0.1) is 10.5 Å². The third kappa shape index (κ3) is 3.16. The van der Waals surface area contributed by atoms with Crippen LogP contribution < -0.4 is 5.73 Å². The van der Waals surface area contributed by atoms with Crippen molar-refractivity contribution in [1.82, 2.24) is 9.97 Å². The highest BCUT2D eigenvalue weighted by molar-refractivity contribution is 7.98. The molecule has 0 spiro atoms. The quantitative estimate of drug-likeness (QED) is 0.738. The molecule has 2 heterocycles. The van der Waals surface area contributed by atoms with Crippen LogP contribution >= 0.6 is 11.8 Å². The molecule has 0 bridgehead atoms. The van der Waals surface area contributed by atoms with Gasteiger partial charge in [-0.2, -0.15) is 0 Å². The predicted octanol–water partition coefficient (Wildman–Crippen LogP) is 4.12. The highest BCUT2D eigenvalue weighted by atomic mass is 32.2. The summed E-state index contributed by atoms with van der Waals surface area (Å²) in [6.45, 7) is 4.10. The highest BCUT2D eigenvalue weighted by Crippen LogP contribution is 2.26. The zero-order chi connectivity index (χ0) is 14.8. The first-order chi connectivity index (χ1) is 10.1. The minimum atomic E-state index is 0.602. The summed E-state index contributed by atoms with van der Waals surface area (Å²) in [5.74, 6) is 1.38. The number of nitrogens with zero attached hydrogens (tertiary/aromatic N) is 2. The van der Waals surface area contributed by atoms with Crippen LogP contribution in [-0.2, 0) is 5.75 Å². The van der Waals surface area contributed by atoms with Crippen LogP contribution in [0.15, 0.2) is 47.5 Å². The number of hydrogen-bond acceptors (Lipinski definition) is 4. The van der Waals surface area contributed by atoms with Gasteiger partial charge >= 0.3 is 0 Å². The lowest BCUT2D eigenvalue weighted by Gasteiger charge is -2.08. The molecule has 1 aromatic carbocycles. The first-order valence-corrected chi connectivity index (χ1v) is 7.82. The van der Waals surface area contributed by atoms with Gasteiger partial charge in [0.25, 0.3) is 0 Å². The minimum Gasteiger partial charge on any atom is -0.383 e. The largest absolute Gasteiger partial charge is 0.383 e. The molecule has 0 aliphatic rings. The lowest BCUT2D eigenvalue weighted by molar-refractivity contribution is 1.05. The molecule has 21 heavy (non-hydrogen) atoms. The molecule has 0 atom stereocenters. The zero-order valence-corrected chi connectivity index (χ0v) is 12.9. The van der Waals surface area contributed by atoms with Crippen molar-refractivity contribution in [3.05, 3.63) is 59.3 Å². The van der Waals surface area contributed by atoms with Gasteiger partial charge in [0.15, 0.2) is 0 Å². The lowest BCUT2D eigenvalue weighted by Crippen LogP contribution is -1.97. The number of pyridine rings is 2. The molecule has 0 amide bonds. The molecule has 0 radical (unpaired) electrons. The smallest absolute Gasteiger partial charge is 0.128 e. The van der Waals surface area contributed by atoms with Crippen LogP contribution in [0.1, 0.15) is 16.8 Å². The standard InChI is InChI=1S/C17H17N3S/c1-11-7-12(2)19-16(8-11)21-10-14-9-13-5-3-4-6-15(13)20-17(14)18/h3-9H,10H2,1-2H3,(H2,18,20). The van der Waals surface area contributed by atoms with E-state index in [1.165, 1.54) is 5.56 Å². The van der Waals surface area contributed by atoms with Gasteiger partial charge in [-0.05, 0) is 43.7 Å². The Morgan fingerprint density at radius 1 is 1.05 bits per heavy atom. The highest BCUT2D eigenvalue weighted by Gasteiger charge is 2.06. The Bertz CT molecular complexity index is 779. The molecule has 2 N–H and O–H groups in total. The summed E-state index contributed by atoms with van der Waals surface area (Å²) in [6, 6.07) is 14.3. The topological polar surface area (TPSA) is 51.8 Å². The molecule has 0 aliphatic carbocycles. The van der Waals surface area contributed by atoms with Gasteiger partial charge in [-0.1, -0.05) is 18.2 Å². The Balaban J connectivity index is 1.86. The second-order valence-corrected chi connectivity index (χ2v) is 6.13. The third-order valence-corrected chi connectivity index (χ3v) is 4.25. The van der Waals surface area contributed by atoms with Crippen molar-refractivity contribution in [3.63, 3.8) is 0 Å². The van der Waals surface area contributed by atoms with Gasteiger partial charge in [0.2, 0.25) is 0 Å². The molecule has 4 heteroatoms. The van der Waals surface area contributed by atoms with Crippen LogP contribution in [0, 0.1) is 13.8 Å². The van der Waals surface area contributed by atoms with Gasteiger partial charge in [-0.3, -0.25) is 0 Å². The van der Waals surface area contributed by atoms with E-state index in [1.54, 1.807) is 11.8 Å². The Morgan fingerprint density at radius 2 is 1.86 bits per heavy atom. The van der Waals surface area contributed by atoms with E-state index in [4.69, 9.17) is 5.73 Å².